The molecule has 0 atom stereocenters. The summed E-state index contributed by atoms with van der Waals surface area (Å²) >= 11 is 0. The number of carboxylic acids is 1. The van der Waals surface area contributed by atoms with E-state index in [1.807, 2.05) is 36.4 Å². The van der Waals surface area contributed by atoms with E-state index in [2.05, 4.69) is 23.4 Å². The third kappa shape index (κ3) is 5.47. The number of benzene rings is 2. The summed E-state index contributed by atoms with van der Waals surface area (Å²) in [5, 5.41) is 12.0. The van der Waals surface area contributed by atoms with Crippen LogP contribution in [0.1, 0.15) is 36.3 Å². The first-order valence-corrected chi connectivity index (χ1v) is 11.6. The molecule has 4 rings (SSSR count). The maximum Gasteiger partial charge on any atom is 0.407 e. The molecule has 0 saturated carbocycles. The van der Waals surface area contributed by atoms with Gasteiger partial charge < -0.3 is 24.8 Å². The molecule has 2 aromatic carbocycles. The Hall–Kier alpha value is -3.83. The van der Waals surface area contributed by atoms with Gasteiger partial charge in [0.05, 0.1) is 18.5 Å². The van der Waals surface area contributed by atoms with Gasteiger partial charge in [-0.3, -0.25) is 9.59 Å². The Bertz CT molecular complexity index is 1100. The monoisotopic (exact) mass is 476 g/mol. The van der Waals surface area contributed by atoms with Gasteiger partial charge in [0.15, 0.2) is 0 Å². The molecule has 0 radical (unpaired) electrons. The fourth-order valence-electron chi connectivity index (χ4n) is 4.87. The number of hydrogen-bond donors (Lipinski definition) is 2. The lowest BCUT2D eigenvalue weighted by molar-refractivity contribution is -0.145. The van der Waals surface area contributed by atoms with Gasteiger partial charge in [0, 0.05) is 19.1 Å². The zero-order valence-corrected chi connectivity index (χ0v) is 19.4. The molecule has 1 aliphatic carbocycles. The van der Waals surface area contributed by atoms with Gasteiger partial charge in [0.25, 0.3) is 0 Å². The summed E-state index contributed by atoms with van der Waals surface area (Å²) < 4.78 is 11.1. The van der Waals surface area contributed by atoms with Crippen LogP contribution in [0.2, 0.25) is 0 Å². The Morgan fingerprint density at radius 3 is 2.26 bits per heavy atom. The van der Waals surface area contributed by atoms with Gasteiger partial charge in [-0.05, 0) is 35.1 Å². The lowest BCUT2D eigenvalue weighted by Crippen LogP contribution is -2.55. The van der Waals surface area contributed by atoms with Gasteiger partial charge in [0.2, 0.25) is 5.91 Å². The smallest absolute Gasteiger partial charge is 0.407 e. The van der Waals surface area contributed by atoms with Crippen molar-refractivity contribution < 1.29 is 29.0 Å². The molecule has 0 spiro atoms. The molecule has 1 heterocycles. The lowest BCUT2D eigenvalue weighted by Gasteiger charge is -2.38. The number of ether oxygens (including phenoxy) is 2. The number of rotatable bonds is 8. The van der Waals surface area contributed by atoms with Crippen LogP contribution in [0.25, 0.3) is 11.1 Å². The van der Waals surface area contributed by atoms with Gasteiger partial charge in [0.1, 0.15) is 13.2 Å². The fraction of sp³-hybridized carbons (Fsp3) is 0.370. The standard InChI is InChI=1S/C27H28N2O6/c1-2-13-29(17-25(31)32)24(30)16-27(11-14-34-15-12-27)28-26(33)35-18-23-21-9-5-3-7-19(21)20-8-4-6-10-22(20)23/h1,3-10,23H,11-18H2,(H,28,33)(H,31,32). The fourth-order valence-corrected chi connectivity index (χ4v) is 4.87. The third-order valence-corrected chi connectivity index (χ3v) is 6.61. The number of carboxylic acid groups (broad SMARTS) is 1. The van der Waals surface area contributed by atoms with Crippen LogP contribution in [-0.4, -0.2) is 66.4 Å². The summed E-state index contributed by atoms with van der Waals surface area (Å²) in [5.74, 6) is 0.644. The molecule has 35 heavy (non-hydrogen) atoms. The molecule has 2 aliphatic rings. The molecule has 0 bridgehead atoms. The maximum absolute atomic E-state index is 12.9. The number of nitrogens with zero attached hydrogens (tertiary/aromatic N) is 1. The van der Waals surface area contributed by atoms with Crippen LogP contribution in [0.5, 0.6) is 0 Å². The van der Waals surface area contributed by atoms with Gasteiger partial charge in [-0.25, -0.2) is 4.79 Å². The van der Waals surface area contributed by atoms with E-state index < -0.39 is 30.1 Å². The first-order chi connectivity index (χ1) is 16.9. The SMILES string of the molecule is C#CCN(CC(=O)O)C(=O)CC1(NC(=O)OCC2c3ccccc3-c3ccccc32)CCOCC1. The van der Waals surface area contributed by atoms with E-state index in [0.29, 0.717) is 26.1 Å². The van der Waals surface area contributed by atoms with Gasteiger partial charge in [-0.1, -0.05) is 54.5 Å². The van der Waals surface area contributed by atoms with Crippen LogP contribution < -0.4 is 5.32 Å². The van der Waals surface area contributed by atoms with E-state index in [1.54, 1.807) is 0 Å². The average Bonchev–Trinajstić information content (AvgIpc) is 3.16. The molecule has 8 heteroatoms. The number of fused-ring (bicyclic) bond motifs is 3. The van der Waals surface area contributed by atoms with Crippen molar-refractivity contribution in [2.75, 3.05) is 32.9 Å². The second-order valence-electron chi connectivity index (χ2n) is 8.87. The Morgan fingerprint density at radius 1 is 1.09 bits per heavy atom. The summed E-state index contributed by atoms with van der Waals surface area (Å²) in [7, 11) is 0. The molecule has 1 fully saturated rings. The molecule has 0 aromatic heterocycles. The number of amides is 2. The maximum atomic E-state index is 12.9. The summed E-state index contributed by atoms with van der Waals surface area (Å²) in [4.78, 5) is 38.1. The summed E-state index contributed by atoms with van der Waals surface area (Å²) in [6, 6.07) is 16.1. The van der Waals surface area contributed by atoms with E-state index in [4.69, 9.17) is 21.0 Å². The number of hydrogen-bond acceptors (Lipinski definition) is 5. The molecule has 1 saturated heterocycles. The Balaban J connectivity index is 1.45. The van der Waals surface area contributed by atoms with Crippen LogP contribution >= 0.6 is 0 Å². The van der Waals surface area contributed by atoms with Crippen molar-refractivity contribution in [3.05, 3.63) is 59.7 Å². The largest absolute Gasteiger partial charge is 0.480 e. The van der Waals surface area contributed by atoms with Gasteiger partial charge in [-0.15, -0.1) is 6.42 Å². The zero-order chi connectivity index (χ0) is 24.8. The highest BCUT2D eigenvalue weighted by atomic mass is 16.5. The summed E-state index contributed by atoms with van der Waals surface area (Å²) in [6.07, 6.45) is 5.41. The highest BCUT2D eigenvalue weighted by Gasteiger charge is 2.39. The quantitative estimate of drug-likeness (QED) is 0.568. The van der Waals surface area contributed by atoms with E-state index in [1.165, 1.54) is 0 Å². The second-order valence-corrected chi connectivity index (χ2v) is 8.87. The highest BCUT2D eigenvalue weighted by molar-refractivity contribution is 5.83. The van der Waals surface area contributed by atoms with Gasteiger partial charge in [-0.2, -0.15) is 0 Å². The predicted octanol–water partition coefficient (Wildman–Crippen LogP) is 3.01. The molecular formula is C27H28N2O6. The van der Waals surface area contributed by atoms with Crippen LogP contribution in [-0.2, 0) is 19.1 Å². The van der Waals surface area contributed by atoms with Crippen LogP contribution in [0.4, 0.5) is 4.79 Å². The minimum Gasteiger partial charge on any atom is -0.480 e. The minimum absolute atomic E-state index is 0.0814. The molecule has 2 aromatic rings. The number of terminal acetylenes is 1. The normalized spacial score (nSPS) is 15.9. The molecule has 0 unspecified atom stereocenters. The lowest BCUT2D eigenvalue weighted by atomic mass is 9.86. The second kappa shape index (κ2) is 10.6. The number of nitrogens with one attached hydrogen (secondary N) is 1. The number of aliphatic carboxylic acids is 1. The topological polar surface area (TPSA) is 105 Å². The first kappa shape index (κ1) is 24.3. The summed E-state index contributed by atoms with van der Waals surface area (Å²) in [5.41, 5.74) is 3.59. The Labute approximate surface area is 204 Å². The number of alkyl carbamates (subject to hydrolysis) is 1. The molecule has 2 amide bonds. The number of carbonyl (C=O) groups is 3. The van der Waals surface area contributed by atoms with Crippen molar-refractivity contribution in [3.63, 3.8) is 0 Å². The predicted molar refractivity (Wildman–Crippen MR) is 129 cm³/mol. The molecule has 182 valence electrons. The molecule has 8 nitrogen and oxygen atoms in total. The Morgan fingerprint density at radius 2 is 1.69 bits per heavy atom. The van der Waals surface area contributed by atoms with Crippen LogP contribution in [0, 0.1) is 12.3 Å². The van der Waals surface area contributed by atoms with E-state index in [0.717, 1.165) is 27.2 Å². The van der Waals surface area contributed by atoms with Crippen LogP contribution in [0.15, 0.2) is 48.5 Å². The summed E-state index contributed by atoms with van der Waals surface area (Å²) in [6.45, 7) is 0.266. The van der Waals surface area contributed by atoms with Crippen molar-refractivity contribution in [3.8, 4) is 23.5 Å². The minimum atomic E-state index is -1.15. The van der Waals surface area contributed by atoms with Crippen molar-refractivity contribution >= 4 is 18.0 Å². The van der Waals surface area contributed by atoms with Crippen LogP contribution in [0.3, 0.4) is 0 Å². The Kier molecular flexibility index (Phi) is 7.37. The highest BCUT2D eigenvalue weighted by Crippen LogP contribution is 2.44. The van der Waals surface area contributed by atoms with E-state index in [-0.39, 0.29) is 25.5 Å². The number of carbonyl (C=O) groups excluding carboxylic acids is 2. The van der Waals surface area contributed by atoms with E-state index in [9.17, 15) is 14.4 Å². The van der Waals surface area contributed by atoms with Crippen molar-refractivity contribution in [1.82, 2.24) is 10.2 Å². The van der Waals surface area contributed by atoms with Crippen molar-refractivity contribution in [2.24, 2.45) is 0 Å². The van der Waals surface area contributed by atoms with Crippen molar-refractivity contribution in [2.45, 2.75) is 30.7 Å². The molecular weight excluding hydrogens is 448 g/mol. The molecule has 1 aliphatic heterocycles. The van der Waals surface area contributed by atoms with E-state index >= 15 is 0 Å². The third-order valence-electron chi connectivity index (χ3n) is 6.61. The first-order valence-electron chi connectivity index (χ1n) is 11.6. The average molecular weight is 477 g/mol. The molecule has 2 N–H and O–H groups in total. The zero-order valence-electron chi connectivity index (χ0n) is 19.4. The van der Waals surface area contributed by atoms with Gasteiger partial charge >= 0.3 is 12.1 Å². The van der Waals surface area contributed by atoms with Crippen molar-refractivity contribution in [1.29, 1.82) is 0 Å².